The van der Waals surface area contributed by atoms with Crippen LogP contribution in [0.15, 0.2) is 24.3 Å². The van der Waals surface area contributed by atoms with Crippen molar-refractivity contribution >= 4 is 35.2 Å². The fraction of sp³-hybridized carbons (Fsp3) is 0.630. The predicted molar refractivity (Wildman–Crippen MR) is 141 cm³/mol. The summed E-state index contributed by atoms with van der Waals surface area (Å²) < 4.78 is 0. The number of hydrogen-bond donors (Lipinski definition) is 2. The topological polar surface area (TPSA) is 110 Å². The fourth-order valence-electron chi connectivity index (χ4n) is 5.40. The Kier molecular flexibility index (Phi) is 8.59. The van der Waals surface area contributed by atoms with Gasteiger partial charge in [0.15, 0.2) is 0 Å². The first-order valence-corrected chi connectivity index (χ1v) is 13.2. The Morgan fingerprint density at radius 3 is 2.14 bits per heavy atom. The van der Waals surface area contributed by atoms with E-state index in [9.17, 15) is 24.3 Å². The van der Waals surface area contributed by atoms with Gasteiger partial charge in [-0.3, -0.25) is 19.2 Å². The molecule has 3 rings (SSSR count). The molecule has 2 heterocycles. The number of piperidine rings is 1. The molecule has 1 aromatic carbocycles. The van der Waals surface area contributed by atoms with Gasteiger partial charge in [0.1, 0.15) is 12.1 Å². The van der Waals surface area contributed by atoms with E-state index in [1.165, 1.54) is 18.7 Å². The molecule has 1 aromatic rings. The van der Waals surface area contributed by atoms with Gasteiger partial charge in [-0.05, 0) is 30.0 Å². The van der Waals surface area contributed by atoms with Crippen molar-refractivity contribution in [3.63, 3.8) is 0 Å². The largest absolute Gasteiger partial charge is 0.384 e. The molecule has 2 saturated heterocycles. The monoisotopic (exact) mass is 534 g/mol. The highest BCUT2D eigenvalue weighted by Crippen LogP contribution is 2.46. The maximum absolute atomic E-state index is 13.7. The quantitative estimate of drug-likeness (QED) is 0.600. The zero-order valence-corrected chi connectivity index (χ0v) is 23.3. The van der Waals surface area contributed by atoms with Crippen LogP contribution in [0.1, 0.15) is 53.5 Å². The lowest BCUT2D eigenvalue weighted by atomic mass is 9.66. The molecular weight excluding hydrogens is 496 g/mol. The molecule has 2 N–H and O–H groups in total. The second-order valence-corrected chi connectivity index (χ2v) is 11.6. The highest BCUT2D eigenvalue weighted by molar-refractivity contribution is 6.30. The van der Waals surface area contributed by atoms with Crippen LogP contribution in [-0.4, -0.2) is 88.2 Å². The van der Waals surface area contributed by atoms with E-state index in [0.29, 0.717) is 31.1 Å². The Balaban J connectivity index is 1.77. The van der Waals surface area contributed by atoms with Gasteiger partial charge in [-0.1, -0.05) is 51.4 Å². The third-order valence-corrected chi connectivity index (χ3v) is 8.10. The van der Waals surface area contributed by atoms with Crippen molar-refractivity contribution in [1.82, 2.24) is 20.0 Å². The van der Waals surface area contributed by atoms with Gasteiger partial charge in [0, 0.05) is 50.5 Å². The number of carbonyl (C=O) groups excluding carboxylic acids is 4. The van der Waals surface area contributed by atoms with Crippen LogP contribution in [0.25, 0.3) is 0 Å². The zero-order chi connectivity index (χ0) is 27.7. The minimum Gasteiger partial charge on any atom is -0.384 e. The van der Waals surface area contributed by atoms with E-state index in [2.05, 4.69) is 5.32 Å². The summed E-state index contributed by atoms with van der Waals surface area (Å²) in [4.78, 5) is 55.9. The van der Waals surface area contributed by atoms with Crippen LogP contribution < -0.4 is 5.32 Å². The summed E-state index contributed by atoms with van der Waals surface area (Å²) in [7, 11) is 0. The lowest BCUT2D eigenvalue weighted by molar-refractivity contribution is -0.157. The summed E-state index contributed by atoms with van der Waals surface area (Å²) in [6.07, 6.45) is 0.334. The van der Waals surface area contributed by atoms with Crippen LogP contribution in [0.3, 0.4) is 0 Å². The van der Waals surface area contributed by atoms with Crippen LogP contribution in [0.2, 0.25) is 5.02 Å². The van der Waals surface area contributed by atoms with E-state index < -0.39 is 29.0 Å². The number of halogens is 1. The maximum Gasteiger partial charge on any atom is 0.245 e. The molecule has 0 spiro atoms. The van der Waals surface area contributed by atoms with Gasteiger partial charge in [0.2, 0.25) is 23.6 Å². The second kappa shape index (κ2) is 11.0. The summed E-state index contributed by atoms with van der Waals surface area (Å²) in [6.45, 7) is 11.7. The van der Waals surface area contributed by atoms with E-state index in [1.807, 2.05) is 39.8 Å². The number of amides is 4. The molecule has 0 saturated carbocycles. The first-order chi connectivity index (χ1) is 17.2. The summed E-state index contributed by atoms with van der Waals surface area (Å²) in [5, 5.41) is 15.1. The molecule has 2 fully saturated rings. The molecule has 204 valence electrons. The Hall–Kier alpha value is -2.65. The van der Waals surface area contributed by atoms with Crippen molar-refractivity contribution in [2.75, 3.05) is 32.7 Å². The van der Waals surface area contributed by atoms with Crippen LogP contribution in [0.4, 0.5) is 0 Å². The van der Waals surface area contributed by atoms with E-state index in [1.54, 1.807) is 21.9 Å². The summed E-state index contributed by atoms with van der Waals surface area (Å²) in [6, 6.07) is 5.44. The van der Waals surface area contributed by atoms with Gasteiger partial charge in [-0.25, -0.2) is 0 Å². The Bertz CT molecular complexity index is 1040. The van der Waals surface area contributed by atoms with Gasteiger partial charge in [0.05, 0.1) is 12.1 Å². The molecule has 3 atom stereocenters. The number of piperazine rings is 1. The van der Waals surface area contributed by atoms with Crippen molar-refractivity contribution in [2.24, 2.45) is 11.3 Å². The van der Waals surface area contributed by atoms with Gasteiger partial charge in [-0.15, -0.1) is 0 Å². The SMILES string of the molecule is CC(=O)N1CCN(C(C)=O)C(C(=O)NC(C(=O)N2CCC(O)(c3ccc(Cl)cc3)C(C)(C)C2)C(C)C)C1. The third kappa shape index (κ3) is 5.93. The van der Waals surface area contributed by atoms with Crippen molar-refractivity contribution in [3.8, 4) is 0 Å². The van der Waals surface area contributed by atoms with E-state index in [-0.39, 0.29) is 36.7 Å². The second-order valence-electron chi connectivity index (χ2n) is 11.2. The fourth-order valence-corrected chi connectivity index (χ4v) is 5.53. The van der Waals surface area contributed by atoms with E-state index >= 15 is 0 Å². The number of rotatable bonds is 5. The number of nitrogens with one attached hydrogen (secondary N) is 1. The number of hydrogen-bond acceptors (Lipinski definition) is 5. The smallest absolute Gasteiger partial charge is 0.245 e. The molecule has 0 radical (unpaired) electrons. The molecule has 10 heteroatoms. The molecule has 2 aliphatic heterocycles. The minimum atomic E-state index is -1.15. The van der Waals surface area contributed by atoms with Gasteiger partial charge in [-0.2, -0.15) is 0 Å². The first-order valence-electron chi connectivity index (χ1n) is 12.8. The lowest BCUT2D eigenvalue weighted by Gasteiger charge is -2.51. The van der Waals surface area contributed by atoms with Crippen molar-refractivity contribution in [2.45, 2.75) is 65.6 Å². The maximum atomic E-state index is 13.7. The summed E-state index contributed by atoms with van der Waals surface area (Å²) >= 11 is 6.03. The number of aliphatic hydroxyl groups is 1. The third-order valence-electron chi connectivity index (χ3n) is 7.85. The van der Waals surface area contributed by atoms with Crippen LogP contribution in [0, 0.1) is 11.3 Å². The highest BCUT2D eigenvalue weighted by Gasteiger charge is 2.50. The highest BCUT2D eigenvalue weighted by atomic mass is 35.5. The number of benzene rings is 1. The van der Waals surface area contributed by atoms with E-state index in [0.717, 1.165) is 5.56 Å². The molecular formula is C27H39ClN4O5. The Morgan fingerprint density at radius 2 is 1.62 bits per heavy atom. The van der Waals surface area contributed by atoms with E-state index in [4.69, 9.17) is 11.6 Å². The zero-order valence-electron chi connectivity index (χ0n) is 22.6. The average molecular weight is 535 g/mol. The molecule has 9 nitrogen and oxygen atoms in total. The van der Waals surface area contributed by atoms with Gasteiger partial charge < -0.3 is 25.1 Å². The number of carbonyl (C=O) groups is 4. The molecule has 3 unspecified atom stereocenters. The average Bonchev–Trinajstić information content (AvgIpc) is 2.83. The molecule has 37 heavy (non-hydrogen) atoms. The number of nitrogens with zero attached hydrogens (tertiary/aromatic N) is 3. The van der Waals surface area contributed by atoms with Crippen molar-refractivity contribution in [1.29, 1.82) is 0 Å². The summed E-state index contributed by atoms with van der Waals surface area (Å²) in [5.41, 5.74) is -1.07. The van der Waals surface area contributed by atoms with Crippen LogP contribution in [-0.2, 0) is 24.8 Å². The molecule has 4 amide bonds. The van der Waals surface area contributed by atoms with Gasteiger partial charge in [0.25, 0.3) is 0 Å². The molecule has 0 aliphatic carbocycles. The van der Waals surface area contributed by atoms with Gasteiger partial charge >= 0.3 is 0 Å². The summed E-state index contributed by atoms with van der Waals surface area (Å²) in [5.74, 6) is -1.32. The first kappa shape index (κ1) is 28.9. The van der Waals surface area contributed by atoms with Crippen molar-refractivity contribution < 1.29 is 24.3 Å². The number of likely N-dealkylation sites (tertiary alicyclic amines) is 1. The lowest BCUT2D eigenvalue weighted by Crippen LogP contribution is -2.64. The van der Waals surface area contributed by atoms with Crippen LogP contribution >= 0.6 is 11.6 Å². The molecule has 0 aromatic heterocycles. The standard InChI is InChI=1S/C27H39ClN4O5/c1-17(2)23(29-24(35)22-15-30(18(3)33)13-14-32(22)19(4)34)25(36)31-12-11-27(37,26(5,6)16-31)20-7-9-21(28)10-8-20/h7-10,17,22-23,37H,11-16H2,1-6H3,(H,29,35). The molecule has 0 bridgehead atoms. The van der Waals surface area contributed by atoms with Crippen molar-refractivity contribution in [3.05, 3.63) is 34.9 Å². The Morgan fingerprint density at radius 1 is 1.00 bits per heavy atom. The Labute approximate surface area is 224 Å². The minimum absolute atomic E-state index is 0.0879. The predicted octanol–water partition coefficient (Wildman–Crippen LogP) is 2.01. The normalized spacial score (nSPS) is 24.6. The van der Waals surface area contributed by atoms with Crippen LogP contribution in [0.5, 0.6) is 0 Å². The molecule has 2 aliphatic rings.